The van der Waals surface area contributed by atoms with Gasteiger partial charge < -0.3 is 15.5 Å². The van der Waals surface area contributed by atoms with Gasteiger partial charge in [-0.1, -0.05) is 0 Å². The van der Waals surface area contributed by atoms with E-state index in [1.54, 1.807) is 7.05 Å². The van der Waals surface area contributed by atoms with E-state index in [0.717, 1.165) is 38.9 Å². The van der Waals surface area contributed by atoms with Crippen molar-refractivity contribution in [3.63, 3.8) is 0 Å². The number of nitrogens with zero attached hydrogens (tertiary/aromatic N) is 1. The van der Waals surface area contributed by atoms with Gasteiger partial charge in [0.15, 0.2) is 0 Å². The Hall–Kier alpha value is -1.10. The zero-order valence-corrected chi connectivity index (χ0v) is 11.2. The molecule has 0 aliphatic carbocycles. The molecule has 0 bridgehead atoms. The Morgan fingerprint density at radius 3 is 2.39 bits per heavy atom. The van der Waals surface area contributed by atoms with E-state index in [-0.39, 0.29) is 29.7 Å². The fourth-order valence-corrected chi connectivity index (χ4v) is 3.00. The van der Waals surface area contributed by atoms with Gasteiger partial charge in [0.05, 0.1) is 5.92 Å². The van der Waals surface area contributed by atoms with E-state index in [1.807, 2.05) is 4.90 Å². The number of piperidine rings is 1. The molecule has 2 saturated heterocycles. The van der Waals surface area contributed by atoms with Crippen LogP contribution in [0.5, 0.6) is 0 Å². The Labute approximate surface area is 108 Å². The average Bonchev–Trinajstić information content (AvgIpc) is 2.83. The second-order valence-corrected chi connectivity index (χ2v) is 5.35. The smallest absolute Gasteiger partial charge is 0.227 e. The molecular formula is C13H23N3O2. The summed E-state index contributed by atoms with van der Waals surface area (Å²) in [5.41, 5.74) is 0. The summed E-state index contributed by atoms with van der Waals surface area (Å²) in [4.78, 5) is 25.8. The summed E-state index contributed by atoms with van der Waals surface area (Å²) in [6.45, 7) is 4.46. The lowest BCUT2D eigenvalue weighted by Gasteiger charge is -2.33. The molecule has 2 aliphatic heterocycles. The van der Waals surface area contributed by atoms with E-state index in [1.165, 1.54) is 0 Å². The van der Waals surface area contributed by atoms with Gasteiger partial charge in [0.25, 0.3) is 0 Å². The zero-order chi connectivity index (χ0) is 13.1. The van der Waals surface area contributed by atoms with Gasteiger partial charge in [0, 0.05) is 32.1 Å². The Kier molecular flexibility index (Phi) is 4.22. The van der Waals surface area contributed by atoms with Crippen molar-refractivity contribution in [2.24, 2.45) is 11.8 Å². The molecule has 102 valence electrons. The Morgan fingerprint density at radius 1 is 1.22 bits per heavy atom. The Bertz CT molecular complexity index is 324. The fraction of sp³-hybridized carbons (Fsp3) is 0.846. The van der Waals surface area contributed by atoms with E-state index >= 15 is 0 Å². The third kappa shape index (κ3) is 2.66. The van der Waals surface area contributed by atoms with Gasteiger partial charge >= 0.3 is 0 Å². The minimum atomic E-state index is 0.0816. The van der Waals surface area contributed by atoms with Crippen molar-refractivity contribution in [3.05, 3.63) is 0 Å². The first-order chi connectivity index (χ1) is 8.63. The summed E-state index contributed by atoms with van der Waals surface area (Å²) in [7, 11) is 1.67. The van der Waals surface area contributed by atoms with Crippen molar-refractivity contribution in [2.45, 2.75) is 32.2 Å². The molecule has 2 N–H and O–H groups in total. The minimum Gasteiger partial charge on any atom is -0.359 e. The van der Waals surface area contributed by atoms with E-state index in [2.05, 4.69) is 17.6 Å². The quantitative estimate of drug-likeness (QED) is 0.726. The van der Waals surface area contributed by atoms with Gasteiger partial charge in [0.1, 0.15) is 0 Å². The maximum absolute atomic E-state index is 12.3. The van der Waals surface area contributed by atoms with Crippen LogP contribution in [0.3, 0.4) is 0 Å². The number of carbonyl (C=O) groups excluding carboxylic acids is 2. The fourth-order valence-electron chi connectivity index (χ4n) is 3.00. The highest BCUT2D eigenvalue weighted by atomic mass is 16.2. The van der Waals surface area contributed by atoms with Gasteiger partial charge in [-0.25, -0.2) is 0 Å². The first-order valence-electron chi connectivity index (χ1n) is 6.87. The molecule has 0 aromatic carbocycles. The SMILES string of the molecule is CNC(=O)C1CCN(C(=O)C2CCNC2C)CC1. The summed E-state index contributed by atoms with van der Waals surface area (Å²) >= 11 is 0. The van der Waals surface area contributed by atoms with Gasteiger partial charge in [-0.05, 0) is 32.7 Å². The van der Waals surface area contributed by atoms with E-state index in [0.29, 0.717) is 0 Å². The highest BCUT2D eigenvalue weighted by molar-refractivity contribution is 5.81. The number of carbonyl (C=O) groups is 2. The zero-order valence-electron chi connectivity index (χ0n) is 11.2. The predicted molar refractivity (Wildman–Crippen MR) is 68.9 cm³/mol. The lowest BCUT2D eigenvalue weighted by molar-refractivity contribution is -0.139. The molecule has 5 nitrogen and oxygen atoms in total. The number of nitrogens with one attached hydrogen (secondary N) is 2. The summed E-state index contributed by atoms with van der Waals surface area (Å²) in [6, 6.07) is 0.286. The molecule has 0 aromatic heterocycles. The summed E-state index contributed by atoms with van der Waals surface area (Å²) < 4.78 is 0. The molecule has 0 aromatic rings. The first-order valence-corrected chi connectivity index (χ1v) is 6.87. The van der Waals surface area contributed by atoms with Gasteiger partial charge in [-0.3, -0.25) is 9.59 Å². The second kappa shape index (κ2) is 5.69. The molecule has 0 radical (unpaired) electrons. The molecular weight excluding hydrogens is 230 g/mol. The number of hydrogen-bond acceptors (Lipinski definition) is 3. The van der Waals surface area contributed by atoms with Crippen molar-refractivity contribution >= 4 is 11.8 Å². The summed E-state index contributed by atoms with van der Waals surface area (Å²) in [5, 5.41) is 6.00. The highest BCUT2D eigenvalue weighted by Crippen LogP contribution is 2.23. The normalized spacial score (nSPS) is 29.3. The number of hydrogen-bond donors (Lipinski definition) is 2. The van der Waals surface area contributed by atoms with Crippen molar-refractivity contribution < 1.29 is 9.59 Å². The Balaban J connectivity index is 1.86. The highest BCUT2D eigenvalue weighted by Gasteiger charge is 2.35. The van der Waals surface area contributed by atoms with Crippen LogP contribution in [0.25, 0.3) is 0 Å². The molecule has 18 heavy (non-hydrogen) atoms. The van der Waals surface area contributed by atoms with Crippen LogP contribution in [0, 0.1) is 11.8 Å². The van der Waals surface area contributed by atoms with Crippen LogP contribution in [-0.4, -0.2) is 49.4 Å². The standard InChI is InChI=1S/C13H23N3O2/c1-9-11(3-6-15-9)13(18)16-7-4-10(5-8-16)12(17)14-2/h9-11,15H,3-8H2,1-2H3,(H,14,17). The lowest BCUT2D eigenvalue weighted by atomic mass is 9.93. The predicted octanol–water partition coefficient (Wildman–Crippen LogP) is -0.0310. The molecule has 2 aliphatic rings. The van der Waals surface area contributed by atoms with E-state index in [4.69, 9.17) is 0 Å². The van der Waals surface area contributed by atoms with Crippen LogP contribution in [0.2, 0.25) is 0 Å². The van der Waals surface area contributed by atoms with Gasteiger partial charge in [-0.15, -0.1) is 0 Å². The molecule has 0 saturated carbocycles. The maximum Gasteiger partial charge on any atom is 0.227 e. The van der Waals surface area contributed by atoms with Crippen LogP contribution in [0.4, 0.5) is 0 Å². The van der Waals surface area contributed by atoms with Crippen LogP contribution < -0.4 is 10.6 Å². The molecule has 2 heterocycles. The monoisotopic (exact) mass is 253 g/mol. The first kappa shape index (κ1) is 13.3. The number of rotatable bonds is 2. The molecule has 2 amide bonds. The van der Waals surface area contributed by atoms with Crippen LogP contribution in [0.15, 0.2) is 0 Å². The van der Waals surface area contributed by atoms with Gasteiger partial charge in [-0.2, -0.15) is 0 Å². The number of amides is 2. The summed E-state index contributed by atoms with van der Waals surface area (Å²) in [6.07, 6.45) is 2.52. The summed E-state index contributed by atoms with van der Waals surface area (Å²) in [5.74, 6) is 0.584. The molecule has 0 spiro atoms. The third-order valence-electron chi connectivity index (χ3n) is 4.27. The average molecular weight is 253 g/mol. The maximum atomic E-state index is 12.3. The topological polar surface area (TPSA) is 61.4 Å². The van der Waals surface area contributed by atoms with Crippen LogP contribution >= 0.6 is 0 Å². The second-order valence-electron chi connectivity index (χ2n) is 5.35. The molecule has 2 atom stereocenters. The van der Waals surface area contributed by atoms with Crippen molar-refractivity contribution in [2.75, 3.05) is 26.7 Å². The Morgan fingerprint density at radius 2 is 1.89 bits per heavy atom. The largest absolute Gasteiger partial charge is 0.359 e. The van der Waals surface area contributed by atoms with Crippen molar-refractivity contribution in [1.82, 2.24) is 15.5 Å². The molecule has 5 heteroatoms. The van der Waals surface area contributed by atoms with Gasteiger partial charge in [0.2, 0.25) is 11.8 Å². The molecule has 2 fully saturated rings. The minimum absolute atomic E-state index is 0.0816. The van der Waals surface area contributed by atoms with E-state index in [9.17, 15) is 9.59 Å². The number of likely N-dealkylation sites (tertiary alicyclic amines) is 1. The molecule has 2 rings (SSSR count). The van der Waals surface area contributed by atoms with Crippen LogP contribution in [-0.2, 0) is 9.59 Å². The van der Waals surface area contributed by atoms with Crippen LogP contribution in [0.1, 0.15) is 26.2 Å². The van der Waals surface area contributed by atoms with Crippen molar-refractivity contribution in [1.29, 1.82) is 0 Å². The lowest BCUT2D eigenvalue weighted by Crippen LogP contribution is -2.46. The molecule has 2 unspecified atom stereocenters. The third-order valence-corrected chi connectivity index (χ3v) is 4.27. The van der Waals surface area contributed by atoms with Crippen molar-refractivity contribution in [3.8, 4) is 0 Å². The van der Waals surface area contributed by atoms with E-state index < -0.39 is 0 Å².